The number of benzene rings is 1. The molecule has 0 saturated carbocycles. The summed E-state index contributed by atoms with van der Waals surface area (Å²) in [6.45, 7) is 4.30. The Kier molecular flexibility index (Phi) is 5.27. The average Bonchev–Trinajstić information content (AvgIpc) is 2.35. The van der Waals surface area contributed by atoms with Gasteiger partial charge in [0.15, 0.2) is 5.78 Å². The number of alkyl halides is 1. The Labute approximate surface area is 102 Å². The Morgan fingerprint density at radius 2 is 1.94 bits per heavy atom. The van der Waals surface area contributed by atoms with E-state index in [9.17, 15) is 4.79 Å². The first-order valence-electron chi connectivity index (χ1n) is 5.59. The van der Waals surface area contributed by atoms with Crippen LogP contribution in [0, 0.1) is 0 Å². The molecule has 1 aromatic carbocycles. The molecule has 0 bridgehead atoms. The molecule has 0 spiro atoms. The molecule has 2 heteroatoms. The number of aryl methyl sites for hydroxylation is 2. The normalized spacial score (nSPS) is 10.9. The van der Waals surface area contributed by atoms with Gasteiger partial charge in [0.1, 0.15) is 0 Å². The predicted molar refractivity (Wildman–Crippen MR) is 70.0 cm³/mol. The van der Waals surface area contributed by atoms with Gasteiger partial charge in [-0.1, -0.05) is 38.1 Å². The van der Waals surface area contributed by atoms with Crippen LogP contribution in [0.15, 0.2) is 24.3 Å². The van der Waals surface area contributed by atoms with Gasteiger partial charge in [0, 0.05) is 0 Å². The lowest BCUT2D eigenvalue weighted by Crippen LogP contribution is -1.93. The first-order chi connectivity index (χ1) is 7.71. The van der Waals surface area contributed by atoms with Gasteiger partial charge in [-0.3, -0.25) is 4.79 Å². The van der Waals surface area contributed by atoms with Crippen molar-refractivity contribution in [1.82, 2.24) is 0 Å². The van der Waals surface area contributed by atoms with Crippen LogP contribution in [0.5, 0.6) is 0 Å². The van der Waals surface area contributed by atoms with Crippen molar-refractivity contribution in [1.29, 1.82) is 0 Å². The highest BCUT2D eigenvalue weighted by molar-refractivity contribution is 6.29. The fourth-order valence-electron chi connectivity index (χ4n) is 1.66. The molecular formula is C14H17ClO. The Bertz CT molecular complexity index is 394. The zero-order chi connectivity index (χ0) is 12.0. The molecule has 0 amide bonds. The maximum Gasteiger partial charge on any atom is 0.170 e. The van der Waals surface area contributed by atoms with Gasteiger partial charge >= 0.3 is 0 Å². The van der Waals surface area contributed by atoms with E-state index in [0.29, 0.717) is 0 Å². The highest BCUT2D eigenvalue weighted by Gasteiger charge is 1.99. The minimum absolute atomic E-state index is 0.0458. The van der Waals surface area contributed by atoms with Crippen molar-refractivity contribution in [2.45, 2.75) is 26.7 Å². The molecule has 0 unspecified atom stereocenters. The topological polar surface area (TPSA) is 17.1 Å². The summed E-state index contributed by atoms with van der Waals surface area (Å²) in [6, 6.07) is 6.30. The standard InChI is InChI=1S/C14H17ClO/c1-3-12-7-5-11(9-13(12)4-2)6-8-14(16)10-15/h5-9H,3-4,10H2,1-2H3/b8-6+. The van der Waals surface area contributed by atoms with E-state index in [4.69, 9.17) is 11.6 Å². The van der Waals surface area contributed by atoms with Gasteiger partial charge < -0.3 is 0 Å². The van der Waals surface area contributed by atoms with Gasteiger partial charge in [0.05, 0.1) is 5.88 Å². The lowest BCUT2D eigenvalue weighted by atomic mass is 10.00. The smallest absolute Gasteiger partial charge is 0.170 e. The van der Waals surface area contributed by atoms with E-state index in [1.807, 2.05) is 12.1 Å². The highest BCUT2D eigenvalue weighted by atomic mass is 35.5. The lowest BCUT2D eigenvalue weighted by molar-refractivity contribution is -0.112. The summed E-state index contributed by atoms with van der Waals surface area (Å²) in [7, 11) is 0. The number of halogens is 1. The predicted octanol–water partition coefficient (Wildman–Crippen LogP) is 3.63. The molecular weight excluding hydrogens is 220 g/mol. The molecule has 0 aliphatic heterocycles. The molecule has 0 atom stereocenters. The van der Waals surface area contributed by atoms with Crippen molar-refractivity contribution in [2.24, 2.45) is 0 Å². The van der Waals surface area contributed by atoms with E-state index < -0.39 is 0 Å². The number of ketones is 1. The van der Waals surface area contributed by atoms with E-state index in [1.54, 1.807) is 0 Å². The van der Waals surface area contributed by atoms with Crippen LogP contribution in [-0.2, 0) is 17.6 Å². The molecule has 16 heavy (non-hydrogen) atoms. The van der Waals surface area contributed by atoms with Gasteiger partial charge in [-0.15, -0.1) is 11.6 Å². The van der Waals surface area contributed by atoms with Gasteiger partial charge in [-0.2, -0.15) is 0 Å². The Balaban J connectivity index is 2.91. The summed E-state index contributed by atoms with van der Waals surface area (Å²) in [5.41, 5.74) is 3.79. The molecule has 1 aromatic rings. The number of rotatable bonds is 5. The van der Waals surface area contributed by atoms with E-state index in [2.05, 4.69) is 26.0 Å². The van der Waals surface area contributed by atoms with E-state index in [-0.39, 0.29) is 11.7 Å². The van der Waals surface area contributed by atoms with Crippen molar-refractivity contribution in [2.75, 3.05) is 5.88 Å². The van der Waals surface area contributed by atoms with Crippen LogP contribution in [0.3, 0.4) is 0 Å². The van der Waals surface area contributed by atoms with E-state index in [1.165, 1.54) is 17.2 Å². The van der Waals surface area contributed by atoms with E-state index in [0.717, 1.165) is 18.4 Å². The van der Waals surface area contributed by atoms with Crippen LogP contribution in [0.2, 0.25) is 0 Å². The first-order valence-corrected chi connectivity index (χ1v) is 6.13. The first kappa shape index (κ1) is 13.0. The quantitative estimate of drug-likeness (QED) is 0.564. The van der Waals surface area contributed by atoms with Gasteiger partial charge in [-0.25, -0.2) is 0 Å². The second kappa shape index (κ2) is 6.49. The number of allylic oxidation sites excluding steroid dienone is 1. The fraction of sp³-hybridized carbons (Fsp3) is 0.357. The molecule has 0 heterocycles. The minimum Gasteiger partial charge on any atom is -0.294 e. The SMILES string of the molecule is CCc1ccc(/C=C/C(=O)CCl)cc1CC. The number of carbonyl (C=O) groups is 1. The van der Waals surface area contributed by atoms with Crippen LogP contribution < -0.4 is 0 Å². The van der Waals surface area contributed by atoms with Crippen LogP contribution >= 0.6 is 11.6 Å². The van der Waals surface area contributed by atoms with Crippen molar-refractivity contribution in [3.8, 4) is 0 Å². The molecule has 0 fully saturated rings. The van der Waals surface area contributed by atoms with Crippen LogP contribution in [0.1, 0.15) is 30.5 Å². The lowest BCUT2D eigenvalue weighted by Gasteiger charge is -2.06. The third-order valence-corrected chi connectivity index (χ3v) is 2.85. The second-order valence-electron chi connectivity index (χ2n) is 3.67. The zero-order valence-corrected chi connectivity index (χ0v) is 10.6. The van der Waals surface area contributed by atoms with Crippen LogP contribution in [0.4, 0.5) is 0 Å². The van der Waals surface area contributed by atoms with Crippen molar-refractivity contribution >= 4 is 23.5 Å². The molecule has 0 saturated heterocycles. The Morgan fingerprint density at radius 3 is 2.50 bits per heavy atom. The monoisotopic (exact) mass is 236 g/mol. The fourth-order valence-corrected chi connectivity index (χ4v) is 1.75. The van der Waals surface area contributed by atoms with Gasteiger partial charge in [-0.05, 0) is 35.6 Å². The van der Waals surface area contributed by atoms with Gasteiger partial charge in [0.2, 0.25) is 0 Å². The molecule has 86 valence electrons. The maximum absolute atomic E-state index is 11.0. The van der Waals surface area contributed by atoms with Crippen molar-refractivity contribution < 1.29 is 4.79 Å². The van der Waals surface area contributed by atoms with Crippen LogP contribution in [-0.4, -0.2) is 11.7 Å². The van der Waals surface area contributed by atoms with Crippen molar-refractivity contribution in [3.05, 3.63) is 41.0 Å². The Morgan fingerprint density at radius 1 is 1.25 bits per heavy atom. The summed E-state index contributed by atoms with van der Waals surface area (Å²) in [6.07, 6.45) is 5.43. The van der Waals surface area contributed by atoms with Gasteiger partial charge in [0.25, 0.3) is 0 Å². The summed E-state index contributed by atoms with van der Waals surface area (Å²) < 4.78 is 0. The summed E-state index contributed by atoms with van der Waals surface area (Å²) in [4.78, 5) is 11.0. The molecule has 1 nitrogen and oxygen atoms in total. The largest absolute Gasteiger partial charge is 0.294 e. The summed E-state index contributed by atoms with van der Waals surface area (Å²) >= 11 is 5.42. The van der Waals surface area contributed by atoms with Crippen LogP contribution in [0.25, 0.3) is 6.08 Å². The molecule has 0 aromatic heterocycles. The summed E-state index contributed by atoms with van der Waals surface area (Å²) in [5, 5.41) is 0. The number of hydrogen-bond donors (Lipinski definition) is 0. The Hall–Kier alpha value is -1.08. The molecule has 0 radical (unpaired) electrons. The molecule has 0 aliphatic rings. The molecule has 1 rings (SSSR count). The maximum atomic E-state index is 11.0. The van der Waals surface area contributed by atoms with Crippen molar-refractivity contribution in [3.63, 3.8) is 0 Å². The summed E-state index contributed by atoms with van der Waals surface area (Å²) in [5.74, 6) is -0.0104. The number of carbonyl (C=O) groups excluding carboxylic acids is 1. The zero-order valence-electron chi connectivity index (χ0n) is 9.79. The second-order valence-corrected chi connectivity index (χ2v) is 3.94. The van der Waals surface area contributed by atoms with E-state index >= 15 is 0 Å². The molecule has 0 N–H and O–H groups in total. The third kappa shape index (κ3) is 3.49. The highest BCUT2D eigenvalue weighted by Crippen LogP contribution is 2.14. The number of hydrogen-bond acceptors (Lipinski definition) is 1. The minimum atomic E-state index is -0.0562. The molecule has 0 aliphatic carbocycles. The third-order valence-electron chi connectivity index (χ3n) is 2.59. The average molecular weight is 237 g/mol.